The Morgan fingerprint density at radius 1 is 1.64 bits per heavy atom. The van der Waals surface area contributed by atoms with Gasteiger partial charge in [0, 0.05) is 12.4 Å². The average molecular weight is 191 g/mol. The third-order valence-corrected chi connectivity index (χ3v) is 2.02. The second-order valence-electron chi connectivity index (χ2n) is 3.01. The lowest BCUT2D eigenvalue weighted by atomic mass is 10.3. The molecule has 14 heavy (non-hydrogen) atoms. The number of carboxylic acid groups (broad SMARTS) is 1. The van der Waals surface area contributed by atoms with Gasteiger partial charge in [-0.3, -0.25) is 9.78 Å². The molecule has 0 spiro atoms. The average Bonchev–Trinajstić information content (AvgIpc) is 2.44. The summed E-state index contributed by atoms with van der Waals surface area (Å²) < 4.78 is 1.82. The maximum atomic E-state index is 10.6. The number of nitrogens with zero attached hydrogens (tertiary/aromatic N) is 3. The van der Waals surface area contributed by atoms with E-state index in [4.69, 9.17) is 5.11 Å². The molecule has 2 aromatic heterocycles. The molecular formula is C9H9N3O2. The number of fused-ring (bicyclic) bond motifs is 1. The molecule has 0 aliphatic carbocycles. The summed E-state index contributed by atoms with van der Waals surface area (Å²) in [4.78, 5) is 18.7. The first kappa shape index (κ1) is 8.68. The molecule has 0 fully saturated rings. The highest BCUT2D eigenvalue weighted by atomic mass is 16.4. The van der Waals surface area contributed by atoms with Crippen molar-refractivity contribution >= 4 is 11.5 Å². The van der Waals surface area contributed by atoms with Gasteiger partial charge in [0.05, 0.1) is 23.8 Å². The summed E-state index contributed by atoms with van der Waals surface area (Å²) in [6.07, 6.45) is 4.97. The third kappa shape index (κ3) is 1.32. The topological polar surface area (TPSA) is 67.5 Å². The lowest BCUT2D eigenvalue weighted by Gasteiger charge is -1.94. The first-order valence-corrected chi connectivity index (χ1v) is 4.18. The van der Waals surface area contributed by atoms with Gasteiger partial charge in [-0.1, -0.05) is 0 Å². The van der Waals surface area contributed by atoms with E-state index in [1.807, 2.05) is 11.3 Å². The Bertz CT molecular complexity index is 490. The Hall–Kier alpha value is -1.91. The Morgan fingerprint density at radius 2 is 2.43 bits per heavy atom. The number of carbonyl (C=O) groups is 1. The number of hydrogen-bond donors (Lipinski definition) is 1. The molecule has 0 atom stereocenters. The van der Waals surface area contributed by atoms with Gasteiger partial charge in [0.25, 0.3) is 0 Å². The molecule has 0 aliphatic heterocycles. The van der Waals surface area contributed by atoms with Gasteiger partial charge in [0.1, 0.15) is 5.82 Å². The minimum absolute atomic E-state index is 0.0664. The highest BCUT2D eigenvalue weighted by Crippen LogP contribution is 2.11. The zero-order valence-corrected chi connectivity index (χ0v) is 7.64. The molecule has 2 rings (SSSR count). The fraction of sp³-hybridized carbons (Fsp3) is 0.222. The molecule has 2 aromatic rings. The van der Waals surface area contributed by atoms with Crippen LogP contribution in [0.5, 0.6) is 0 Å². The van der Waals surface area contributed by atoms with E-state index in [0.717, 1.165) is 11.3 Å². The zero-order valence-electron chi connectivity index (χ0n) is 7.64. The van der Waals surface area contributed by atoms with Crippen LogP contribution in [0.3, 0.4) is 0 Å². The molecular weight excluding hydrogens is 182 g/mol. The lowest BCUT2D eigenvalue weighted by Crippen LogP contribution is -2.00. The maximum absolute atomic E-state index is 10.6. The second-order valence-corrected chi connectivity index (χ2v) is 3.01. The second kappa shape index (κ2) is 3.10. The van der Waals surface area contributed by atoms with Gasteiger partial charge in [0.2, 0.25) is 0 Å². The molecule has 0 aromatic carbocycles. The molecule has 5 heteroatoms. The van der Waals surface area contributed by atoms with Gasteiger partial charge >= 0.3 is 5.97 Å². The molecule has 0 saturated heterocycles. The Balaban J connectivity index is 2.60. The Kier molecular flexibility index (Phi) is 1.92. The highest BCUT2D eigenvalue weighted by molar-refractivity contribution is 5.73. The summed E-state index contributed by atoms with van der Waals surface area (Å²) in [6.45, 7) is 1.83. The highest BCUT2D eigenvalue weighted by Gasteiger charge is 2.10. The van der Waals surface area contributed by atoms with Crippen molar-refractivity contribution in [3.63, 3.8) is 0 Å². The fourth-order valence-electron chi connectivity index (χ4n) is 1.44. The van der Waals surface area contributed by atoms with E-state index >= 15 is 0 Å². The van der Waals surface area contributed by atoms with Crippen LogP contribution in [-0.4, -0.2) is 25.4 Å². The molecule has 72 valence electrons. The molecule has 0 aliphatic rings. The number of hydrogen-bond acceptors (Lipinski definition) is 3. The van der Waals surface area contributed by atoms with Crippen molar-refractivity contribution in [1.29, 1.82) is 0 Å². The maximum Gasteiger partial charge on any atom is 0.309 e. The molecule has 2 heterocycles. The van der Waals surface area contributed by atoms with Gasteiger partial charge < -0.3 is 9.51 Å². The van der Waals surface area contributed by atoms with E-state index in [1.54, 1.807) is 18.6 Å². The van der Waals surface area contributed by atoms with Crippen molar-refractivity contribution in [2.24, 2.45) is 0 Å². The summed E-state index contributed by atoms with van der Waals surface area (Å²) in [5.41, 5.74) is 1.32. The largest absolute Gasteiger partial charge is 0.481 e. The Labute approximate surface area is 80.0 Å². The van der Waals surface area contributed by atoms with E-state index < -0.39 is 5.97 Å². The van der Waals surface area contributed by atoms with Crippen LogP contribution in [0.4, 0.5) is 0 Å². The molecule has 1 N–H and O–H groups in total. The van der Waals surface area contributed by atoms with Crippen molar-refractivity contribution < 1.29 is 9.90 Å². The molecule has 0 amide bonds. The van der Waals surface area contributed by atoms with Gasteiger partial charge in [-0.2, -0.15) is 0 Å². The van der Waals surface area contributed by atoms with Crippen molar-refractivity contribution in [3.8, 4) is 0 Å². The number of imidazole rings is 1. The van der Waals surface area contributed by atoms with Crippen LogP contribution in [0.1, 0.15) is 11.5 Å². The number of aromatic nitrogens is 3. The summed E-state index contributed by atoms with van der Waals surface area (Å²) in [5.74, 6) is -0.104. The minimum Gasteiger partial charge on any atom is -0.481 e. The van der Waals surface area contributed by atoms with Crippen molar-refractivity contribution in [3.05, 3.63) is 30.1 Å². The van der Waals surface area contributed by atoms with E-state index in [2.05, 4.69) is 9.97 Å². The third-order valence-electron chi connectivity index (χ3n) is 2.02. The van der Waals surface area contributed by atoms with Gasteiger partial charge in [-0.05, 0) is 6.92 Å². The van der Waals surface area contributed by atoms with Crippen molar-refractivity contribution in [2.75, 3.05) is 0 Å². The van der Waals surface area contributed by atoms with E-state index in [1.165, 1.54) is 0 Å². The molecule has 0 radical (unpaired) electrons. The van der Waals surface area contributed by atoms with Crippen LogP contribution < -0.4 is 0 Å². The zero-order chi connectivity index (χ0) is 10.1. The minimum atomic E-state index is -0.881. The number of carboxylic acids is 1. The number of rotatable bonds is 2. The monoisotopic (exact) mass is 191 g/mol. The van der Waals surface area contributed by atoms with Crippen LogP contribution in [0.2, 0.25) is 0 Å². The van der Waals surface area contributed by atoms with Crippen LogP contribution in [0, 0.1) is 6.92 Å². The standard InChI is InChI=1S/C9H9N3O2/c1-6-11-7(4-9(13)14)8-5-10-2-3-12(6)8/h2-3,5H,4H2,1H3,(H,13,14). The number of aliphatic carboxylic acids is 1. The Morgan fingerprint density at radius 3 is 3.14 bits per heavy atom. The SMILES string of the molecule is Cc1nc(CC(=O)O)c2cnccn12. The van der Waals surface area contributed by atoms with Crippen LogP contribution in [-0.2, 0) is 11.2 Å². The fourth-order valence-corrected chi connectivity index (χ4v) is 1.44. The summed E-state index contributed by atoms with van der Waals surface area (Å²) >= 11 is 0. The predicted molar refractivity (Wildman–Crippen MR) is 49.1 cm³/mol. The first-order valence-electron chi connectivity index (χ1n) is 4.18. The molecule has 0 bridgehead atoms. The van der Waals surface area contributed by atoms with Gasteiger partial charge in [-0.25, -0.2) is 4.98 Å². The normalized spacial score (nSPS) is 10.6. The molecule has 0 unspecified atom stereocenters. The van der Waals surface area contributed by atoms with E-state index in [-0.39, 0.29) is 6.42 Å². The van der Waals surface area contributed by atoms with Crippen LogP contribution in [0.25, 0.3) is 5.52 Å². The summed E-state index contributed by atoms with van der Waals surface area (Å²) in [5, 5.41) is 8.67. The summed E-state index contributed by atoms with van der Waals surface area (Å²) in [7, 11) is 0. The van der Waals surface area contributed by atoms with Gasteiger partial charge in [-0.15, -0.1) is 0 Å². The quantitative estimate of drug-likeness (QED) is 0.757. The van der Waals surface area contributed by atoms with Crippen LogP contribution >= 0.6 is 0 Å². The number of aryl methyl sites for hydroxylation is 1. The smallest absolute Gasteiger partial charge is 0.309 e. The van der Waals surface area contributed by atoms with Crippen LogP contribution in [0.15, 0.2) is 18.6 Å². The first-order chi connectivity index (χ1) is 6.68. The van der Waals surface area contributed by atoms with Gasteiger partial charge in [0.15, 0.2) is 0 Å². The van der Waals surface area contributed by atoms with Crippen molar-refractivity contribution in [1.82, 2.24) is 14.4 Å². The van der Waals surface area contributed by atoms with E-state index in [9.17, 15) is 4.79 Å². The predicted octanol–water partition coefficient (Wildman–Crippen LogP) is 0.665. The summed E-state index contributed by atoms with van der Waals surface area (Å²) in [6, 6.07) is 0. The van der Waals surface area contributed by atoms with E-state index in [0.29, 0.717) is 5.69 Å². The van der Waals surface area contributed by atoms with Crippen molar-refractivity contribution in [2.45, 2.75) is 13.3 Å². The molecule has 5 nitrogen and oxygen atoms in total. The lowest BCUT2D eigenvalue weighted by molar-refractivity contribution is -0.136. The molecule has 0 saturated carbocycles.